The van der Waals surface area contributed by atoms with Gasteiger partial charge in [-0.15, -0.1) is 0 Å². The van der Waals surface area contributed by atoms with Crippen molar-refractivity contribution >= 4 is 81.4 Å². The van der Waals surface area contributed by atoms with Gasteiger partial charge in [-0.2, -0.15) is 0 Å². The number of nitrogens with one attached hydrogen (secondary N) is 5. The fourth-order valence-corrected chi connectivity index (χ4v) is 9.19. The van der Waals surface area contributed by atoms with Crippen molar-refractivity contribution in [1.82, 2.24) is 0 Å². The zero-order valence-electron chi connectivity index (χ0n) is 62.7. The molecular formula is C79H107N9O16. The van der Waals surface area contributed by atoms with Crippen LogP contribution in [-0.2, 0) is 9.59 Å². The summed E-state index contributed by atoms with van der Waals surface area (Å²) in [5.74, 6) is -0.0767. The molecule has 6 aromatic carbocycles. The second kappa shape index (κ2) is 43.9. The monoisotopic (exact) mass is 1440 g/mol. The summed E-state index contributed by atoms with van der Waals surface area (Å²) in [5, 5.41) is 25.5. The highest BCUT2D eigenvalue weighted by Gasteiger charge is 2.23. The fourth-order valence-electron chi connectivity index (χ4n) is 9.19. The van der Waals surface area contributed by atoms with Gasteiger partial charge in [-0.25, -0.2) is 0 Å². The average Bonchev–Trinajstić information content (AvgIpc) is 0.833. The SMILES string of the molecule is CCC(C)Oc1cc(C(=O)Nc2ccc(C(N)=O)cc2OCC(C)C)ccc1[N+](=O)[O-].CCCCC(=O)Nc1ccc(C(=O)Nc2ccc(C(N)=O)cc2OCC(C)C)cc1OCC(C)C.CCCCCCCC(=O)Nc1ccc(C(=O)Nc2ccc(C(N)=O)cc2OCC(C)C)cc1OCC(C)C. The summed E-state index contributed by atoms with van der Waals surface area (Å²) in [6.45, 7) is 29.9. The van der Waals surface area contributed by atoms with Crippen LogP contribution in [0.3, 0.4) is 0 Å². The lowest BCUT2D eigenvalue weighted by atomic mass is 10.1. The molecule has 0 saturated heterocycles. The van der Waals surface area contributed by atoms with Gasteiger partial charge in [0.2, 0.25) is 29.5 Å². The third-order valence-corrected chi connectivity index (χ3v) is 15.0. The van der Waals surface area contributed by atoms with Gasteiger partial charge in [-0.1, -0.05) is 122 Å². The number of hydrogen-bond donors (Lipinski definition) is 8. The number of unbranched alkanes of at least 4 members (excludes halogenated alkanes) is 5. The molecule has 25 nitrogen and oxygen atoms in total. The van der Waals surface area contributed by atoms with Crippen LogP contribution < -0.4 is 72.2 Å². The van der Waals surface area contributed by atoms with Crippen LogP contribution in [0.1, 0.15) is 223 Å². The Kier molecular flexibility index (Phi) is 36.2. The highest BCUT2D eigenvalue weighted by Crippen LogP contribution is 2.35. The zero-order valence-corrected chi connectivity index (χ0v) is 62.7. The first-order valence-electron chi connectivity index (χ1n) is 35.5. The standard InChI is InChI=1S/C30H43N3O5.C27H37N3O5.C22H27N3O6/c1-6-7-8-9-10-11-28(34)32-24-15-13-23(17-27(24)38-19-21(4)5)30(36)33-25-14-12-22(29(31)35)16-26(25)37-18-20(2)3;1-6-7-8-25(31)29-21-12-10-20(14-24(21)35-16-18(4)5)27(33)30-22-11-9-19(26(28)32)13-23(22)34-15-17(2)3;1-5-14(4)31-20-11-16(7-9-18(20)25(28)29)22(27)24-17-8-6-15(21(23)26)10-19(17)30-12-13(2)3/h12-17,20-21H,6-11,18-19H2,1-5H3,(H2,31,35)(H,32,34)(H,33,36);9-14,17-18H,6-8,15-16H2,1-5H3,(H2,28,32)(H,29,31)(H,30,33);6-11,13-14H,5,12H2,1-4H3,(H2,23,26)(H,24,27). The Balaban J connectivity index is 0.000000332. The average molecular weight is 1440 g/mol. The largest absolute Gasteiger partial charge is 0.491 e. The molecule has 0 saturated carbocycles. The number of hydrogen-bond acceptors (Lipinski definition) is 16. The zero-order chi connectivity index (χ0) is 77.2. The summed E-state index contributed by atoms with van der Waals surface area (Å²) in [4.78, 5) is 109. The number of nitro benzene ring substituents is 1. The molecule has 25 heteroatoms. The van der Waals surface area contributed by atoms with E-state index >= 15 is 0 Å². The maximum absolute atomic E-state index is 13.2. The molecular weight excluding hydrogens is 1330 g/mol. The second-order valence-electron chi connectivity index (χ2n) is 27.2. The van der Waals surface area contributed by atoms with Crippen LogP contribution in [0.25, 0.3) is 0 Å². The van der Waals surface area contributed by atoms with Crippen molar-refractivity contribution in [2.75, 3.05) is 59.6 Å². The number of nitro groups is 1. The molecule has 564 valence electrons. The van der Waals surface area contributed by atoms with Crippen molar-refractivity contribution in [3.05, 3.63) is 153 Å². The van der Waals surface area contributed by atoms with Crippen LogP contribution in [0.2, 0.25) is 0 Å². The first-order valence-corrected chi connectivity index (χ1v) is 35.5. The van der Waals surface area contributed by atoms with Crippen LogP contribution in [-0.4, -0.2) is 91.3 Å². The number of ether oxygens (including phenoxy) is 6. The van der Waals surface area contributed by atoms with E-state index in [1.54, 1.807) is 55.5 Å². The number of carbonyl (C=O) groups is 8. The van der Waals surface area contributed by atoms with E-state index in [9.17, 15) is 48.5 Å². The predicted molar refractivity (Wildman–Crippen MR) is 407 cm³/mol. The van der Waals surface area contributed by atoms with Crippen molar-refractivity contribution in [2.24, 2.45) is 46.8 Å². The number of nitrogens with zero attached hydrogens (tertiary/aromatic N) is 1. The number of primary amides is 3. The van der Waals surface area contributed by atoms with Gasteiger partial charge < -0.3 is 72.2 Å². The van der Waals surface area contributed by atoms with Crippen LogP contribution in [0.15, 0.2) is 109 Å². The summed E-state index contributed by atoms with van der Waals surface area (Å²) >= 11 is 0. The minimum Gasteiger partial charge on any atom is -0.491 e. The molecule has 1 unspecified atom stereocenters. The van der Waals surface area contributed by atoms with Crippen LogP contribution in [0.4, 0.5) is 34.1 Å². The highest BCUT2D eigenvalue weighted by molar-refractivity contribution is 6.08. The topological polar surface area (TPSA) is 373 Å². The molecule has 104 heavy (non-hydrogen) atoms. The van der Waals surface area contributed by atoms with Crippen molar-refractivity contribution < 1.29 is 71.7 Å². The van der Waals surface area contributed by atoms with Gasteiger partial charge >= 0.3 is 5.69 Å². The Morgan fingerprint density at radius 3 is 0.923 bits per heavy atom. The summed E-state index contributed by atoms with van der Waals surface area (Å²) in [6.07, 6.45) is 8.31. The first-order chi connectivity index (χ1) is 49.3. The molecule has 0 aliphatic heterocycles. The molecule has 0 fully saturated rings. The van der Waals surface area contributed by atoms with Gasteiger partial charge in [0.15, 0.2) is 5.75 Å². The van der Waals surface area contributed by atoms with E-state index in [1.165, 1.54) is 67.1 Å². The normalized spacial score (nSPS) is 11.1. The lowest BCUT2D eigenvalue weighted by Gasteiger charge is -2.17. The van der Waals surface area contributed by atoms with Crippen molar-refractivity contribution in [1.29, 1.82) is 0 Å². The number of nitrogens with two attached hydrogens (primary N) is 3. The first kappa shape index (κ1) is 85.7. The third-order valence-electron chi connectivity index (χ3n) is 15.0. The Morgan fingerprint density at radius 2 is 0.635 bits per heavy atom. The maximum atomic E-state index is 13.2. The number of carbonyl (C=O) groups excluding carboxylic acids is 8. The predicted octanol–water partition coefficient (Wildman–Crippen LogP) is 15.8. The van der Waals surface area contributed by atoms with E-state index in [0.717, 1.165) is 38.5 Å². The Labute approximate surface area is 611 Å². The summed E-state index contributed by atoms with van der Waals surface area (Å²) in [5.41, 5.74) is 19.9. The minimum atomic E-state index is -0.616. The quantitative estimate of drug-likeness (QED) is 0.0101. The minimum absolute atomic E-state index is 0.0207. The highest BCUT2D eigenvalue weighted by atomic mass is 16.6. The molecule has 0 aliphatic carbocycles. The van der Waals surface area contributed by atoms with Crippen molar-refractivity contribution in [2.45, 2.75) is 167 Å². The number of benzene rings is 6. The van der Waals surface area contributed by atoms with Crippen LogP contribution in [0, 0.1) is 39.7 Å². The maximum Gasteiger partial charge on any atom is 0.310 e. The van der Waals surface area contributed by atoms with E-state index in [0.29, 0.717) is 121 Å². The Hall–Kier alpha value is -10.7. The molecule has 6 aromatic rings. The second-order valence-corrected chi connectivity index (χ2v) is 27.2. The van der Waals surface area contributed by atoms with Gasteiger partial charge in [-0.3, -0.25) is 48.5 Å². The number of anilines is 5. The molecule has 0 aliphatic rings. The van der Waals surface area contributed by atoms with E-state index in [2.05, 4.69) is 33.5 Å². The van der Waals surface area contributed by atoms with Gasteiger partial charge in [0, 0.05) is 58.4 Å². The van der Waals surface area contributed by atoms with Crippen LogP contribution in [0.5, 0.6) is 34.5 Å². The van der Waals surface area contributed by atoms with Gasteiger partial charge in [0.05, 0.1) is 72.5 Å². The van der Waals surface area contributed by atoms with E-state index in [-0.39, 0.29) is 93.0 Å². The smallest absolute Gasteiger partial charge is 0.310 e. The molecule has 0 spiro atoms. The van der Waals surface area contributed by atoms with Crippen LogP contribution >= 0.6 is 0 Å². The molecule has 0 aromatic heterocycles. The van der Waals surface area contributed by atoms with Gasteiger partial charge in [-0.05, 0) is 153 Å². The lowest BCUT2D eigenvalue weighted by Crippen LogP contribution is -2.17. The molecule has 1 atom stereocenters. The molecule has 8 amide bonds. The molecule has 0 bridgehead atoms. The Morgan fingerprint density at radius 1 is 0.365 bits per heavy atom. The molecule has 11 N–H and O–H groups in total. The Bertz CT molecular complexity index is 3870. The summed E-state index contributed by atoms with van der Waals surface area (Å²) < 4.78 is 34.9. The van der Waals surface area contributed by atoms with Gasteiger partial charge in [0.1, 0.15) is 28.7 Å². The summed E-state index contributed by atoms with van der Waals surface area (Å²) in [6, 6.07) is 27.6. The van der Waals surface area contributed by atoms with Crippen molar-refractivity contribution in [3.63, 3.8) is 0 Å². The number of rotatable bonds is 39. The summed E-state index contributed by atoms with van der Waals surface area (Å²) in [7, 11) is 0. The van der Waals surface area contributed by atoms with E-state index < -0.39 is 28.6 Å². The fraction of sp³-hybridized carbons (Fsp3) is 0.443. The molecule has 0 radical (unpaired) electrons. The molecule has 6 rings (SSSR count). The molecule has 0 heterocycles. The van der Waals surface area contributed by atoms with Crippen molar-refractivity contribution in [3.8, 4) is 34.5 Å². The van der Waals surface area contributed by atoms with Gasteiger partial charge in [0.25, 0.3) is 17.7 Å². The lowest BCUT2D eigenvalue weighted by molar-refractivity contribution is -0.386. The third kappa shape index (κ3) is 30.1. The van der Waals surface area contributed by atoms with E-state index in [1.807, 2.05) is 83.1 Å². The number of amides is 8. The van der Waals surface area contributed by atoms with E-state index in [4.69, 9.17) is 45.6 Å².